The van der Waals surface area contributed by atoms with Crippen LogP contribution in [0.3, 0.4) is 0 Å². The zero-order valence-electron chi connectivity index (χ0n) is 16.7. The number of benzene rings is 2. The maximum absolute atomic E-state index is 12.8. The summed E-state index contributed by atoms with van der Waals surface area (Å²) in [7, 11) is -2.15. The van der Waals surface area contributed by atoms with Gasteiger partial charge in [-0.2, -0.15) is 4.31 Å². The molecule has 1 N–H and O–H groups in total. The Bertz CT molecular complexity index is 1020. The minimum absolute atomic E-state index is 0.0414. The average Bonchev–Trinajstić information content (AvgIpc) is 2.78. The zero-order chi connectivity index (χ0) is 21.6. The number of hydrogen-bond donors (Lipinski definition) is 1. The highest BCUT2D eigenvalue weighted by molar-refractivity contribution is 7.89. The standard InChI is InChI=1S/C21H24N2O6S/c1-28-18-9-6-8-17(14-18)22-20(24)15-29-21(25)16-7-5-10-19(13-16)30(26,27)23-11-3-2-4-12-23/h5-10,13-14H,2-4,11-12,15H2,1H3,(H,22,24). The molecule has 1 amide bonds. The molecule has 2 aromatic carbocycles. The molecular formula is C21H24N2O6S. The van der Waals surface area contributed by atoms with Gasteiger partial charge in [0.1, 0.15) is 5.75 Å². The van der Waals surface area contributed by atoms with Crippen LogP contribution in [0.1, 0.15) is 29.6 Å². The van der Waals surface area contributed by atoms with E-state index >= 15 is 0 Å². The lowest BCUT2D eigenvalue weighted by molar-refractivity contribution is -0.119. The first-order valence-electron chi connectivity index (χ1n) is 9.61. The highest BCUT2D eigenvalue weighted by atomic mass is 32.2. The molecule has 0 radical (unpaired) electrons. The predicted molar refractivity (Wildman–Crippen MR) is 111 cm³/mol. The van der Waals surface area contributed by atoms with Gasteiger partial charge in [-0.3, -0.25) is 4.79 Å². The molecule has 1 aliphatic rings. The van der Waals surface area contributed by atoms with E-state index in [9.17, 15) is 18.0 Å². The van der Waals surface area contributed by atoms with Crippen LogP contribution in [0.2, 0.25) is 0 Å². The summed E-state index contributed by atoms with van der Waals surface area (Å²) in [5.74, 6) is -0.711. The number of sulfonamides is 1. The Labute approximate surface area is 175 Å². The SMILES string of the molecule is COc1cccc(NC(=O)COC(=O)c2cccc(S(=O)(=O)N3CCCCC3)c2)c1. The van der Waals surface area contributed by atoms with E-state index in [1.807, 2.05) is 0 Å². The van der Waals surface area contributed by atoms with E-state index in [2.05, 4.69) is 5.32 Å². The molecular weight excluding hydrogens is 408 g/mol. The minimum atomic E-state index is -3.66. The van der Waals surface area contributed by atoms with Gasteiger partial charge in [0.2, 0.25) is 10.0 Å². The third-order valence-corrected chi connectivity index (χ3v) is 6.61. The second kappa shape index (κ2) is 9.73. The molecule has 0 unspecified atom stereocenters. The lowest BCUT2D eigenvalue weighted by Gasteiger charge is -2.25. The second-order valence-corrected chi connectivity index (χ2v) is 8.79. The van der Waals surface area contributed by atoms with Gasteiger partial charge < -0.3 is 14.8 Å². The number of piperidine rings is 1. The van der Waals surface area contributed by atoms with Crippen LogP contribution < -0.4 is 10.1 Å². The number of hydrogen-bond acceptors (Lipinski definition) is 6. The van der Waals surface area contributed by atoms with Crippen molar-refractivity contribution in [2.24, 2.45) is 0 Å². The van der Waals surface area contributed by atoms with Crippen molar-refractivity contribution < 1.29 is 27.5 Å². The Hall–Kier alpha value is -2.91. The molecule has 160 valence electrons. The topological polar surface area (TPSA) is 102 Å². The molecule has 0 spiro atoms. The molecule has 8 nitrogen and oxygen atoms in total. The monoisotopic (exact) mass is 432 g/mol. The largest absolute Gasteiger partial charge is 0.497 e. The first-order chi connectivity index (χ1) is 14.4. The number of carbonyl (C=O) groups excluding carboxylic acids is 2. The summed E-state index contributed by atoms with van der Waals surface area (Å²) in [4.78, 5) is 24.4. The van der Waals surface area contributed by atoms with Crippen LogP contribution >= 0.6 is 0 Å². The molecule has 1 saturated heterocycles. The van der Waals surface area contributed by atoms with Gasteiger partial charge in [0.05, 0.1) is 17.6 Å². The van der Waals surface area contributed by atoms with E-state index in [-0.39, 0.29) is 10.5 Å². The van der Waals surface area contributed by atoms with Crippen LogP contribution in [0.5, 0.6) is 5.75 Å². The van der Waals surface area contributed by atoms with Crippen LogP contribution in [0.4, 0.5) is 5.69 Å². The molecule has 2 aromatic rings. The van der Waals surface area contributed by atoms with Crippen molar-refractivity contribution in [2.45, 2.75) is 24.2 Å². The van der Waals surface area contributed by atoms with Crippen molar-refractivity contribution in [3.63, 3.8) is 0 Å². The Morgan fingerprint density at radius 3 is 2.50 bits per heavy atom. The third-order valence-electron chi connectivity index (χ3n) is 4.71. The second-order valence-electron chi connectivity index (χ2n) is 6.85. The molecule has 1 fully saturated rings. The summed E-state index contributed by atoms with van der Waals surface area (Å²) in [6.07, 6.45) is 2.66. The first kappa shape index (κ1) is 21.8. The van der Waals surface area contributed by atoms with E-state index in [0.29, 0.717) is 24.5 Å². The van der Waals surface area contributed by atoms with E-state index in [1.165, 1.54) is 35.7 Å². The number of methoxy groups -OCH3 is 1. The van der Waals surface area contributed by atoms with Crippen LogP contribution in [0, 0.1) is 0 Å². The fourth-order valence-electron chi connectivity index (χ4n) is 3.15. The van der Waals surface area contributed by atoms with Crippen LogP contribution in [0.15, 0.2) is 53.4 Å². The molecule has 9 heteroatoms. The summed E-state index contributed by atoms with van der Waals surface area (Å²) in [6, 6.07) is 12.4. The van der Waals surface area contributed by atoms with Gasteiger partial charge in [-0.1, -0.05) is 18.6 Å². The number of carbonyl (C=O) groups is 2. The van der Waals surface area contributed by atoms with Crippen molar-refractivity contribution in [2.75, 3.05) is 32.1 Å². The van der Waals surface area contributed by atoms with E-state index < -0.39 is 28.5 Å². The fraction of sp³-hybridized carbons (Fsp3) is 0.333. The van der Waals surface area contributed by atoms with Gasteiger partial charge in [0.15, 0.2) is 6.61 Å². The molecule has 0 bridgehead atoms. The van der Waals surface area contributed by atoms with Gasteiger partial charge in [0.25, 0.3) is 5.91 Å². The lowest BCUT2D eigenvalue weighted by atomic mass is 10.2. The quantitative estimate of drug-likeness (QED) is 0.675. The lowest BCUT2D eigenvalue weighted by Crippen LogP contribution is -2.35. The van der Waals surface area contributed by atoms with Crippen molar-refractivity contribution in [3.8, 4) is 5.75 Å². The molecule has 30 heavy (non-hydrogen) atoms. The van der Waals surface area contributed by atoms with Gasteiger partial charge in [0, 0.05) is 24.8 Å². The Balaban J connectivity index is 1.61. The number of ether oxygens (including phenoxy) is 2. The molecule has 1 aliphatic heterocycles. The first-order valence-corrected chi connectivity index (χ1v) is 11.1. The molecule has 0 saturated carbocycles. The number of nitrogens with one attached hydrogen (secondary N) is 1. The predicted octanol–water partition coefficient (Wildman–Crippen LogP) is 2.67. The van der Waals surface area contributed by atoms with E-state index in [1.54, 1.807) is 24.3 Å². The summed E-state index contributed by atoms with van der Waals surface area (Å²) in [5.41, 5.74) is 0.576. The van der Waals surface area contributed by atoms with Crippen LogP contribution in [0.25, 0.3) is 0 Å². The maximum Gasteiger partial charge on any atom is 0.338 e. The van der Waals surface area contributed by atoms with E-state index in [4.69, 9.17) is 9.47 Å². The maximum atomic E-state index is 12.8. The van der Waals surface area contributed by atoms with Gasteiger partial charge in [-0.05, 0) is 43.2 Å². The number of esters is 1. The van der Waals surface area contributed by atoms with Crippen LogP contribution in [-0.2, 0) is 19.6 Å². The van der Waals surface area contributed by atoms with Crippen molar-refractivity contribution in [1.82, 2.24) is 4.31 Å². The Kier molecular flexibility index (Phi) is 7.07. The third kappa shape index (κ3) is 5.37. The highest BCUT2D eigenvalue weighted by Gasteiger charge is 2.26. The molecule has 3 rings (SSSR count). The van der Waals surface area contributed by atoms with Crippen molar-refractivity contribution >= 4 is 27.6 Å². The Morgan fingerprint density at radius 2 is 1.77 bits per heavy atom. The number of rotatable bonds is 7. The molecule has 0 aromatic heterocycles. The van der Waals surface area contributed by atoms with Gasteiger partial charge in [-0.15, -0.1) is 0 Å². The van der Waals surface area contributed by atoms with Crippen molar-refractivity contribution in [1.29, 1.82) is 0 Å². The summed E-state index contributed by atoms with van der Waals surface area (Å²) in [5, 5.41) is 2.60. The van der Waals surface area contributed by atoms with Crippen LogP contribution in [-0.4, -0.2) is 51.4 Å². The number of nitrogens with zero attached hydrogens (tertiary/aromatic N) is 1. The van der Waals surface area contributed by atoms with Gasteiger partial charge in [-0.25, -0.2) is 13.2 Å². The van der Waals surface area contributed by atoms with E-state index in [0.717, 1.165) is 19.3 Å². The van der Waals surface area contributed by atoms with Gasteiger partial charge >= 0.3 is 5.97 Å². The summed E-state index contributed by atoms with van der Waals surface area (Å²) < 4.78 is 37.1. The molecule has 1 heterocycles. The summed E-state index contributed by atoms with van der Waals surface area (Å²) >= 11 is 0. The normalized spacial score (nSPS) is 14.7. The number of anilines is 1. The smallest absolute Gasteiger partial charge is 0.338 e. The Morgan fingerprint density at radius 1 is 1.03 bits per heavy atom. The zero-order valence-corrected chi connectivity index (χ0v) is 17.5. The highest BCUT2D eigenvalue weighted by Crippen LogP contribution is 2.22. The number of amides is 1. The average molecular weight is 432 g/mol. The molecule has 0 aliphatic carbocycles. The van der Waals surface area contributed by atoms with Crippen molar-refractivity contribution in [3.05, 3.63) is 54.1 Å². The fourth-order valence-corrected chi connectivity index (χ4v) is 4.71. The summed E-state index contributed by atoms with van der Waals surface area (Å²) in [6.45, 7) is 0.446. The minimum Gasteiger partial charge on any atom is -0.497 e. The molecule has 0 atom stereocenters.